The van der Waals surface area contributed by atoms with E-state index in [2.05, 4.69) is 27.4 Å². The van der Waals surface area contributed by atoms with Gasteiger partial charge in [-0.05, 0) is 25.0 Å². The van der Waals surface area contributed by atoms with E-state index in [1.165, 1.54) is 11.1 Å². The van der Waals surface area contributed by atoms with Crippen molar-refractivity contribution in [2.45, 2.75) is 13.3 Å². The molecule has 0 radical (unpaired) electrons. The van der Waals surface area contributed by atoms with Crippen molar-refractivity contribution >= 4 is 16.8 Å². The van der Waals surface area contributed by atoms with Crippen LogP contribution in [0.2, 0.25) is 0 Å². The molecule has 0 saturated carbocycles. The molecular formula is C24H21N3O. The second-order valence-corrected chi connectivity index (χ2v) is 6.77. The summed E-state index contributed by atoms with van der Waals surface area (Å²) in [6.45, 7) is 2.59. The first-order valence-corrected chi connectivity index (χ1v) is 9.37. The van der Waals surface area contributed by atoms with Crippen molar-refractivity contribution in [3.63, 3.8) is 0 Å². The number of hydrogen-bond acceptors (Lipinski definition) is 3. The highest BCUT2D eigenvalue weighted by molar-refractivity contribution is 6.04. The van der Waals surface area contributed by atoms with Gasteiger partial charge in [0.1, 0.15) is 5.69 Å². The number of hydrogen-bond donors (Lipinski definition) is 1. The molecule has 0 unspecified atom stereocenters. The van der Waals surface area contributed by atoms with Crippen molar-refractivity contribution in [2.24, 2.45) is 0 Å². The Morgan fingerprint density at radius 1 is 0.857 bits per heavy atom. The highest BCUT2D eigenvalue weighted by Crippen LogP contribution is 2.22. The van der Waals surface area contributed by atoms with Crippen molar-refractivity contribution in [1.29, 1.82) is 0 Å². The summed E-state index contributed by atoms with van der Waals surface area (Å²) in [6, 6.07) is 25.7. The van der Waals surface area contributed by atoms with Crippen LogP contribution in [-0.2, 0) is 6.42 Å². The lowest BCUT2D eigenvalue weighted by molar-refractivity contribution is 0.0951. The van der Waals surface area contributed by atoms with E-state index < -0.39 is 0 Å². The Morgan fingerprint density at radius 3 is 2.36 bits per heavy atom. The van der Waals surface area contributed by atoms with Crippen LogP contribution < -0.4 is 5.32 Å². The first kappa shape index (κ1) is 17.9. The maximum atomic E-state index is 12.9. The standard InChI is InChI=1S/C24H21N3O/c1-17-11-13-19(14-12-17)23-26-21-10-6-5-9-20(21)22(27-23)24(28)25-16-15-18-7-3-2-4-8-18/h2-14H,15-16H2,1H3,(H,25,28). The first-order valence-electron chi connectivity index (χ1n) is 9.37. The second-order valence-electron chi connectivity index (χ2n) is 6.77. The molecule has 3 aromatic carbocycles. The summed E-state index contributed by atoms with van der Waals surface area (Å²) in [6.07, 6.45) is 0.778. The molecule has 4 heteroatoms. The van der Waals surface area contributed by atoms with Gasteiger partial charge in [-0.2, -0.15) is 0 Å². The third-order valence-electron chi connectivity index (χ3n) is 4.67. The quantitative estimate of drug-likeness (QED) is 0.562. The minimum absolute atomic E-state index is 0.178. The van der Waals surface area contributed by atoms with Crippen molar-refractivity contribution in [3.8, 4) is 11.4 Å². The van der Waals surface area contributed by atoms with Gasteiger partial charge in [-0.25, -0.2) is 9.97 Å². The van der Waals surface area contributed by atoms with Gasteiger partial charge in [0, 0.05) is 17.5 Å². The fourth-order valence-corrected chi connectivity index (χ4v) is 3.13. The average Bonchev–Trinajstić information content (AvgIpc) is 2.74. The van der Waals surface area contributed by atoms with Gasteiger partial charge in [0.15, 0.2) is 5.82 Å². The Bertz CT molecular complexity index is 1110. The molecule has 0 bridgehead atoms. The molecule has 4 aromatic rings. The molecule has 0 aliphatic carbocycles. The Hall–Kier alpha value is -3.53. The lowest BCUT2D eigenvalue weighted by Crippen LogP contribution is -2.27. The maximum Gasteiger partial charge on any atom is 0.270 e. The number of para-hydroxylation sites is 1. The predicted molar refractivity (Wildman–Crippen MR) is 112 cm³/mol. The number of rotatable bonds is 5. The molecule has 0 aliphatic rings. The molecule has 0 saturated heterocycles. The van der Waals surface area contributed by atoms with E-state index in [1.54, 1.807) is 0 Å². The summed E-state index contributed by atoms with van der Waals surface area (Å²) >= 11 is 0. The van der Waals surface area contributed by atoms with Gasteiger partial charge in [-0.15, -0.1) is 0 Å². The van der Waals surface area contributed by atoms with Crippen LogP contribution in [0.4, 0.5) is 0 Å². The number of nitrogens with zero attached hydrogens (tertiary/aromatic N) is 2. The van der Waals surface area contributed by atoms with Gasteiger partial charge in [0.05, 0.1) is 5.52 Å². The molecule has 4 rings (SSSR count). The van der Waals surface area contributed by atoms with E-state index in [4.69, 9.17) is 0 Å². The van der Waals surface area contributed by atoms with Crippen LogP contribution in [0.3, 0.4) is 0 Å². The number of nitrogens with one attached hydrogen (secondary N) is 1. The first-order chi connectivity index (χ1) is 13.7. The molecule has 4 nitrogen and oxygen atoms in total. The molecule has 0 spiro atoms. The van der Waals surface area contributed by atoms with Crippen LogP contribution >= 0.6 is 0 Å². The Kier molecular flexibility index (Phi) is 5.11. The van der Waals surface area contributed by atoms with Gasteiger partial charge in [-0.1, -0.05) is 78.4 Å². The molecule has 0 atom stereocenters. The molecule has 138 valence electrons. The van der Waals surface area contributed by atoms with Crippen molar-refractivity contribution in [3.05, 3.63) is 95.7 Å². The number of fused-ring (bicyclic) bond motifs is 1. The van der Waals surface area contributed by atoms with Gasteiger partial charge >= 0.3 is 0 Å². The smallest absolute Gasteiger partial charge is 0.270 e. The zero-order chi connectivity index (χ0) is 19.3. The molecule has 0 fully saturated rings. The zero-order valence-electron chi connectivity index (χ0n) is 15.7. The van der Waals surface area contributed by atoms with E-state index in [0.717, 1.165) is 22.9 Å². The minimum atomic E-state index is -0.178. The highest BCUT2D eigenvalue weighted by Gasteiger charge is 2.15. The number of carbonyl (C=O) groups excluding carboxylic acids is 1. The van der Waals surface area contributed by atoms with Gasteiger partial charge in [0.2, 0.25) is 0 Å². The van der Waals surface area contributed by atoms with Gasteiger partial charge in [0.25, 0.3) is 5.91 Å². The lowest BCUT2D eigenvalue weighted by atomic mass is 10.1. The maximum absolute atomic E-state index is 12.9. The largest absolute Gasteiger partial charge is 0.350 e. The van der Waals surface area contributed by atoms with Crippen LogP contribution in [0.25, 0.3) is 22.3 Å². The van der Waals surface area contributed by atoms with E-state index in [-0.39, 0.29) is 5.91 Å². The zero-order valence-corrected chi connectivity index (χ0v) is 15.7. The summed E-state index contributed by atoms with van der Waals surface area (Å²) < 4.78 is 0. The Balaban J connectivity index is 1.63. The average molecular weight is 367 g/mol. The predicted octanol–water partition coefficient (Wildman–Crippen LogP) is 4.58. The minimum Gasteiger partial charge on any atom is -0.350 e. The Labute approximate surface area is 164 Å². The fourth-order valence-electron chi connectivity index (χ4n) is 3.13. The topological polar surface area (TPSA) is 54.9 Å². The van der Waals surface area contributed by atoms with E-state index in [9.17, 15) is 4.79 Å². The summed E-state index contributed by atoms with van der Waals surface area (Å²) in [4.78, 5) is 22.1. The number of amides is 1. The monoisotopic (exact) mass is 367 g/mol. The number of carbonyl (C=O) groups is 1. The van der Waals surface area contributed by atoms with Crippen molar-refractivity contribution in [1.82, 2.24) is 15.3 Å². The summed E-state index contributed by atoms with van der Waals surface area (Å²) in [7, 11) is 0. The number of aromatic nitrogens is 2. The summed E-state index contributed by atoms with van der Waals surface area (Å²) in [5.41, 5.74) is 4.43. The number of benzene rings is 3. The van der Waals surface area contributed by atoms with Crippen molar-refractivity contribution < 1.29 is 4.79 Å². The second kappa shape index (κ2) is 8.01. The summed E-state index contributed by atoms with van der Waals surface area (Å²) in [5, 5.41) is 3.76. The third kappa shape index (κ3) is 3.91. The van der Waals surface area contributed by atoms with Crippen LogP contribution in [0, 0.1) is 6.92 Å². The van der Waals surface area contributed by atoms with E-state index in [1.807, 2.05) is 73.7 Å². The summed E-state index contributed by atoms with van der Waals surface area (Å²) in [5.74, 6) is 0.384. The van der Waals surface area contributed by atoms with Crippen LogP contribution in [0.15, 0.2) is 78.9 Å². The highest BCUT2D eigenvalue weighted by atomic mass is 16.1. The molecule has 1 amide bonds. The molecular weight excluding hydrogens is 346 g/mol. The van der Waals surface area contributed by atoms with Crippen LogP contribution in [0.1, 0.15) is 21.6 Å². The SMILES string of the molecule is Cc1ccc(-c2nc(C(=O)NCCc3ccccc3)c3ccccc3n2)cc1. The third-order valence-corrected chi connectivity index (χ3v) is 4.67. The molecule has 28 heavy (non-hydrogen) atoms. The Morgan fingerprint density at radius 2 is 1.57 bits per heavy atom. The van der Waals surface area contributed by atoms with Gasteiger partial charge in [-0.3, -0.25) is 4.79 Å². The number of aryl methyl sites for hydroxylation is 1. The lowest BCUT2D eigenvalue weighted by Gasteiger charge is -2.10. The van der Waals surface area contributed by atoms with Crippen LogP contribution in [-0.4, -0.2) is 22.4 Å². The molecule has 1 heterocycles. The fraction of sp³-hybridized carbons (Fsp3) is 0.125. The molecule has 1 aromatic heterocycles. The molecule has 1 N–H and O–H groups in total. The normalized spacial score (nSPS) is 10.8. The van der Waals surface area contributed by atoms with Crippen LogP contribution in [0.5, 0.6) is 0 Å². The van der Waals surface area contributed by atoms with E-state index in [0.29, 0.717) is 18.1 Å². The van der Waals surface area contributed by atoms with Gasteiger partial charge < -0.3 is 5.32 Å². The molecule has 0 aliphatic heterocycles. The van der Waals surface area contributed by atoms with Crippen molar-refractivity contribution in [2.75, 3.05) is 6.54 Å². The van der Waals surface area contributed by atoms with E-state index >= 15 is 0 Å².